The molecule has 0 aliphatic carbocycles. The first-order valence-corrected chi connectivity index (χ1v) is 16.9. The number of aromatic amines is 2. The van der Waals surface area contributed by atoms with Crippen molar-refractivity contribution in [1.82, 2.24) is 19.1 Å². The predicted octanol–water partition coefficient (Wildman–Crippen LogP) is 0.0108. The van der Waals surface area contributed by atoms with Gasteiger partial charge in [0.2, 0.25) is 0 Å². The summed E-state index contributed by atoms with van der Waals surface area (Å²) < 4.78 is 60.2. The van der Waals surface area contributed by atoms with Gasteiger partial charge in [0.15, 0.2) is 37.3 Å². The average Bonchev–Trinajstić information content (AvgIpc) is 3.63. The Bertz CT molecular complexity index is 1650. The van der Waals surface area contributed by atoms with Crippen LogP contribution in [0.25, 0.3) is 0 Å². The van der Waals surface area contributed by atoms with Gasteiger partial charge in [-0.25, -0.2) is 22.8 Å². The van der Waals surface area contributed by atoms with Crippen LogP contribution in [0, 0.1) is 30.1 Å². The lowest BCUT2D eigenvalue weighted by Gasteiger charge is -2.28. The lowest BCUT2D eigenvalue weighted by molar-refractivity contribution is -0.112. The zero-order chi connectivity index (χ0) is 39.5. The molecule has 52 heavy (non-hydrogen) atoms. The molecule has 5 rings (SSSR count). The van der Waals surface area contributed by atoms with E-state index in [0.29, 0.717) is 6.42 Å². The second-order valence-electron chi connectivity index (χ2n) is 14.2. The van der Waals surface area contributed by atoms with Gasteiger partial charge < -0.3 is 39.7 Å². The van der Waals surface area contributed by atoms with Crippen molar-refractivity contribution >= 4 is 0 Å². The Balaban J connectivity index is 0.000000218. The van der Waals surface area contributed by atoms with Crippen LogP contribution >= 0.6 is 0 Å². The van der Waals surface area contributed by atoms with Gasteiger partial charge in [-0.1, -0.05) is 34.6 Å². The summed E-state index contributed by atoms with van der Waals surface area (Å²) in [5.74, 6) is 0. The maximum Gasteiger partial charge on any atom is 0.330 e. The number of hydrogen-bond acceptors (Lipinski definition) is 12. The van der Waals surface area contributed by atoms with Crippen LogP contribution in [0.1, 0.15) is 71.0 Å². The Morgan fingerprint density at radius 3 is 1.33 bits per heavy atom. The molecule has 3 aliphatic heterocycles. The van der Waals surface area contributed by atoms with Gasteiger partial charge in [-0.15, -0.1) is 0 Å². The molecule has 0 aromatic carbocycles. The van der Waals surface area contributed by atoms with E-state index in [9.17, 15) is 52.8 Å². The number of ether oxygens (including phenoxy) is 3. The Kier molecular flexibility index (Phi) is 14.0. The summed E-state index contributed by atoms with van der Waals surface area (Å²) >= 11 is 0. The third kappa shape index (κ3) is 7.87. The minimum absolute atomic E-state index is 0.146. The largest absolute Gasteiger partial charge is 0.396 e. The van der Waals surface area contributed by atoms with Gasteiger partial charge in [0.25, 0.3) is 11.1 Å². The molecule has 5 heterocycles. The van der Waals surface area contributed by atoms with Crippen LogP contribution in [-0.2, 0) is 14.2 Å². The lowest BCUT2D eigenvalue weighted by Crippen LogP contribution is -2.41. The van der Waals surface area contributed by atoms with Crippen molar-refractivity contribution < 1.29 is 52.9 Å². The Hall–Kier alpha value is -3.17. The highest BCUT2D eigenvalue weighted by Gasteiger charge is 2.56. The number of aliphatic hydroxyl groups is 5. The van der Waals surface area contributed by atoms with E-state index in [1.807, 2.05) is 20.8 Å². The fourth-order valence-corrected chi connectivity index (χ4v) is 6.52. The van der Waals surface area contributed by atoms with Crippen LogP contribution in [0.2, 0.25) is 0 Å². The van der Waals surface area contributed by atoms with E-state index in [0.717, 1.165) is 15.6 Å². The van der Waals surface area contributed by atoms with E-state index in [1.54, 1.807) is 0 Å². The zero-order valence-electron chi connectivity index (χ0n) is 30.2. The third-order valence-electron chi connectivity index (χ3n) is 10.7. The number of rotatable bonds is 8. The Morgan fingerprint density at radius 2 is 1.06 bits per heavy atom. The SMILES string of the molecule is CC[C@H]1OC(O)[C@@H](F)[C@]1(C)CC.Cc1cn([C@@H]2O[C@H](CO)[C@@](C)(CO)[C@@H]2F)c(=O)[nH]c1=O.Cc1cn([C@H]2O[C@H](CO)[C@@](C)(CO)[C@@H]2F)c(=O)[nH]c1=O. The summed E-state index contributed by atoms with van der Waals surface area (Å²) in [6.45, 7) is 9.50. The molecule has 1 unspecified atom stereocenters. The summed E-state index contributed by atoms with van der Waals surface area (Å²) in [7, 11) is 0. The van der Waals surface area contributed by atoms with Crippen molar-refractivity contribution in [1.29, 1.82) is 0 Å². The van der Waals surface area contributed by atoms with Gasteiger partial charge in [0, 0.05) is 28.9 Å². The molecule has 3 aliphatic rings. The quantitative estimate of drug-likeness (QED) is 0.189. The van der Waals surface area contributed by atoms with Gasteiger partial charge in [-0.2, -0.15) is 0 Å². The van der Waals surface area contributed by atoms with Crippen LogP contribution < -0.4 is 22.5 Å². The van der Waals surface area contributed by atoms with Crippen LogP contribution in [0.4, 0.5) is 13.2 Å². The smallest absolute Gasteiger partial charge is 0.330 e. The molecule has 0 radical (unpaired) electrons. The lowest BCUT2D eigenvalue weighted by atomic mass is 9.78. The topological polar surface area (TPSA) is 239 Å². The number of aryl methyl sites for hydroxylation is 2. The molecule has 0 spiro atoms. The summed E-state index contributed by atoms with van der Waals surface area (Å²) in [5.41, 5.74) is -5.37. The van der Waals surface area contributed by atoms with Gasteiger partial charge >= 0.3 is 11.4 Å². The average molecular weight is 753 g/mol. The van der Waals surface area contributed by atoms with Crippen molar-refractivity contribution in [3.05, 3.63) is 65.2 Å². The summed E-state index contributed by atoms with van der Waals surface area (Å²) in [6, 6.07) is 0. The number of alkyl halides is 3. The van der Waals surface area contributed by atoms with E-state index < -0.39 is 115 Å². The molecule has 12 atom stereocenters. The minimum Gasteiger partial charge on any atom is -0.396 e. The summed E-state index contributed by atoms with van der Waals surface area (Å²) in [4.78, 5) is 50.3. The molecule has 0 bridgehead atoms. The maximum absolute atomic E-state index is 14.5. The van der Waals surface area contributed by atoms with Gasteiger partial charge in [0.1, 0.15) is 0 Å². The Labute approximate surface area is 296 Å². The molecule has 3 saturated heterocycles. The predicted molar refractivity (Wildman–Crippen MR) is 179 cm³/mol. The molecular formula is C33H51F3N4O12. The fourth-order valence-electron chi connectivity index (χ4n) is 6.52. The Morgan fingerprint density at radius 1 is 0.673 bits per heavy atom. The van der Waals surface area contributed by atoms with E-state index in [2.05, 4.69) is 9.97 Å². The standard InChI is InChI=1S/2C12H17FN2O5.C9H17FO2/c2*1-6-3-15(11(19)14-9(6)18)10-8(13)12(2,5-17)7(4-16)20-10;1-4-6-9(3,5-2)7(10)8(11)12-6/h2*3,7-8,10,16-17H,4-5H2,1-2H3,(H,14,18,19);6-8,11H,4-5H2,1-3H3/t7-,8-,10+,12-;7-,8-,10-,12-;6-,7-,8?,9-/m111/s1. The number of hydrogen-bond donors (Lipinski definition) is 7. The number of halogens is 3. The minimum atomic E-state index is -1.70. The second kappa shape index (κ2) is 16.9. The molecule has 0 amide bonds. The van der Waals surface area contributed by atoms with Crippen LogP contribution in [0.3, 0.4) is 0 Å². The van der Waals surface area contributed by atoms with Gasteiger partial charge in [-0.3, -0.25) is 28.7 Å². The van der Waals surface area contributed by atoms with Gasteiger partial charge in [0.05, 0.1) is 55.6 Å². The van der Waals surface area contributed by atoms with E-state index in [4.69, 9.17) is 19.3 Å². The monoisotopic (exact) mass is 752 g/mol. The summed E-state index contributed by atoms with van der Waals surface area (Å²) in [6.07, 6.45) is -6.63. The molecule has 19 heteroatoms. The van der Waals surface area contributed by atoms with Crippen LogP contribution in [0.5, 0.6) is 0 Å². The molecule has 296 valence electrons. The molecule has 0 saturated carbocycles. The second-order valence-corrected chi connectivity index (χ2v) is 14.2. The molecule has 2 aromatic rings. The normalized spacial score (nSPS) is 36.9. The number of aromatic nitrogens is 4. The van der Waals surface area contributed by atoms with E-state index >= 15 is 0 Å². The van der Waals surface area contributed by atoms with Crippen molar-refractivity contribution in [3.8, 4) is 0 Å². The molecule has 3 fully saturated rings. The number of nitrogens with zero attached hydrogens (tertiary/aromatic N) is 2. The van der Waals surface area contributed by atoms with Crippen molar-refractivity contribution in [2.75, 3.05) is 26.4 Å². The van der Waals surface area contributed by atoms with Gasteiger partial charge in [-0.05, 0) is 26.7 Å². The summed E-state index contributed by atoms with van der Waals surface area (Å²) in [5, 5.41) is 46.3. The first-order valence-electron chi connectivity index (χ1n) is 16.9. The molecule has 2 aromatic heterocycles. The fraction of sp³-hybridized carbons (Fsp3) is 0.758. The maximum atomic E-state index is 14.5. The van der Waals surface area contributed by atoms with Crippen LogP contribution in [-0.4, -0.2) is 114 Å². The van der Waals surface area contributed by atoms with Crippen LogP contribution in [0.15, 0.2) is 31.6 Å². The zero-order valence-corrected chi connectivity index (χ0v) is 30.2. The highest BCUT2D eigenvalue weighted by molar-refractivity contribution is 5.06. The molecule has 16 nitrogen and oxygen atoms in total. The van der Waals surface area contributed by atoms with E-state index in [1.165, 1.54) is 40.1 Å². The van der Waals surface area contributed by atoms with E-state index in [-0.39, 0.29) is 17.2 Å². The number of H-pyrrole nitrogens is 2. The number of aliphatic hydroxyl groups excluding tert-OH is 5. The van der Waals surface area contributed by atoms with Crippen molar-refractivity contribution in [2.45, 2.75) is 117 Å². The highest BCUT2D eigenvalue weighted by Crippen LogP contribution is 2.46. The number of nitrogens with one attached hydrogen (secondary N) is 2. The first kappa shape index (κ1) is 43.2. The molecular weight excluding hydrogens is 701 g/mol. The highest BCUT2D eigenvalue weighted by atomic mass is 19.1. The first-order chi connectivity index (χ1) is 24.2. The third-order valence-corrected chi connectivity index (χ3v) is 10.7. The van der Waals surface area contributed by atoms with Crippen molar-refractivity contribution in [3.63, 3.8) is 0 Å². The van der Waals surface area contributed by atoms with Crippen molar-refractivity contribution in [2.24, 2.45) is 16.2 Å². The molecule has 7 N–H and O–H groups in total.